The minimum absolute atomic E-state index is 0.188. The number of hydrogen-bond acceptors (Lipinski definition) is 6. The van der Waals surface area contributed by atoms with E-state index in [1.165, 1.54) is 22.7 Å². The number of thiophene rings is 2. The number of rotatable bonds is 4. The van der Waals surface area contributed by atoms with E-state index in [0.717, 1.165) is 27.5 Å². The molecule has 0 spiro atoms. The number of ether oxygens (including phenoxy) is 2. The third kappa shape index (κ3) is 3.05. The van der Waals surface area contributed by atoms with Gasteiger partial charge < -0.3 is 14.8 Å². The molecule has 4 rings (SSSR count). The minimum atomic E-state index is -0.188. The first-order valence-corrected chi connectivity index (χ1v) is 9.61. The quantitative estimate of drug-likeness (QED) is 0.718. The fourth-order valence-corrected chi connectivity index (χ4v) is 4.56. The number of fused-ring (bicyclic) bond motifs is 1. The molecule has 1 N–H and O–H groups in total. The number of anilines is 1. The highest BCUT2D eigenvalue weighted by Crippen LogP contribution is 2.37. The van der Waals surface area contributed by atoms with Crippen molar-refractivity contribution in [2.45, 2.75) is 13.3 Å². The van der Waals surface area contributed by atoms with Crippen molar-refractivity contribution in [2.24, 2.45) is 0 Å². The number of nitriles is 1. The van der Waals surface area contributed by atoms with Crippen molar-refractivity contribution in [3.63, 3.8) is 0 Å². The van der Waals surface area contributed by atoms with E-state index in [2.05, 4.69) is 11.4 Å². The lowest BCUT2D eigenvalue weighted by atomic mass is 10.1. The van der Waals surface area contributed by atoms with E-state index in [1.54, 1.807) is 6.07 Å². The summed E-state index contributed by atoms with van der Waals surface area (Å²) in [4.78, 5) is 14.0. The molecule has 2 aromatic heterocycles. The highest BCUT2D eigenvalue weighted by Gasteiger charge is 2.19. The average molecular weight is 382 g/mol. The predicted molar refractivity (Wildman–Crippen MR) is 101 cm³/mol. The Labute approximate surface area is 158 Å². The molecule has 1 aromatic carbocycles. The van der Waals surface area contributed by atoms with E-state index >= 15 is 0 Å². The van der Waals surface area contributed by atoms with Crippen LogP contribution in [0.2, 0.25) is 0 Å². The number of carbonyl (C=O) groups excluding carboxylic acids is 1. The fraction of sp³-hybridized carbons (Fsp3) is 0.158. The van der Waals surface area contributed by atoms with Crippen LogP contribution in [0.3, 0.4) is 0 Å². The third-order valence-electron chi connectivity index (χ3n) is 4.13. The predicted octanol–water partition coefficient (Wildman–Crippen LogP) is 4.56. The van der Waals surface area contributed by atoms with Crippen LogP contribution in [0.25, 0.3) is 0 Å². The van der Waals surface area contributed by atoms with Crippen molar-refractivity contribution < 1.29 is 14.3 Å². The molecular formula is C19H14N2O3S2. The molecule has 7 heteroatoms. The van der Waals surface area contributed by atoms with Crippen molar-refractivity contribution in [2.75, 3.05) is 12.1 Å². The SMILES string of the molecule is Cc1c(Cc2ccc3c(c2)OCO3)sc(NC(=O)c2cccs2)c1C#N. The number of hydrogen-bond donors (Lipinski definition) is 1. The molecule has 130 valence electrons. The van der Waals surface area contributed by atoms with Crippen LogP contribution in [-0.2, 0) is 6.42 Å². The summed E-state index contributed by atoms with van der Waals surface area (Å²) < 4.78 is 10.8. The smallest absolute Gasteiger partial charge is 0.266 e. The van der Waals surface area contributed by atoms with Crippen LogP contribution in [0.4, 0.5) is 5.00 Å². The maximum absolute atomic E-state index is 12.3. The van der Waals surface area contributed by atoms with Gasteiger partial charge in [-0.05, 0) is 41.6 Å². The zero-order chi connectivity index (χ0) is 18.1. The molecule has 1 amide bonds. The molecule has 0 radical (unpaired) electrons. The van der Waals surface area contributed by atoms with E-state index in [-0.39, 0.29) is 12.7 Å². The fourth-order valence-electron chi connectivity index (χ4n) is 2.76. The van der Waals surface area contributed by atoms with Crippen LogP contribution in [0, 0.1) is 18.3 Å². The molecule has 0 saturated carbocycles. The number of benzene rings is 1. The standard InChI is InChI=1S/C19H14N2O3S2/c1-11-13(9-20)19(21-18(22)16-3-2-6-25-16)26-17(11)8-12-4-5-14-15(7-12)24-10-23-14/h2-7H,8,10H2,1H3,(H,21,22). The number of amides is 1. The Kier molecular flexibility index (Phi) is 4.37. The van der Waals surface area contributed by atoms with Gasteiger partial charge in [0, 0.05) is 11.3 Å². The van der Waals surface area contributed by atoms with Gasteiger partial charge in [0.15, 0.2) is 11.5 Å². The number of nitrogens with zero attached hydrogens (tertiary/aromatic N) is 1. The summed E-state index contributed by atoms with van der Waals surface area (Å²) in [5, 5.41) is 14.8. The Bertz CT molecular complexity index is 1020. The summed E-state index contributed by atoms with van der Waals surface area (Å²) in [6.45, 7) is 2.16. The first-order chi connectivity index (χ1) is 12.7. The summed E-state index contributed by atoms with van der Waals surface area (Å²) >= 11 is 2.82. The van der Waals surface area contributed by atoms with Crippen LogP contribution in [0.15, 0.2) is 35.7 Å². The molecule has 3 heterocycles. The summed E-state index contributed by atoms with van der Waals surface area (Å²) in [6.07, 6.45) is 0.663. The van der Waals surface area contributed by atoms with Gasteiger partial charge in [-0.15, -0.1) is 22.7 Å². The van der Waals surface area contributed by atoms with E-state index in [1.807, 2.05) is 36.6 Å². The molecule has 0 aliphatic carbocycles. The van der Waals surface area contributed by atoms with E-state index < -0.39 is 0 Å². The van der Waals surface area contributed by atoms with Gasteiger partial charge >= 0.3 is 0 Å². The van der Waals surface area contributed by atoms with Gasteiger partial charge in [0.1, 0.15) is 11.1 Å². The van der Waals surface area contributed by atoms with Gasteiger partial charge in [-0.25, -0.2) is 0 Å². The van der Waals surface area contributed by atoms with Crippen molar-refractivity contribution in [3.8, 4) is 17.6 Å². The second-order valence-electron chi connectivity index (χ2n) is 5.76. The topological polar surface area (TPSA) is 71.3 Å². The van der Waals surface area contributed by atoms with E-state index in [0.29, 0.717) is 21.9 Å². The highest BCUT2D eigenvalue weighted by molar-refractivity contribution is 7.17. The zero-order valence-electron chi connectivity index (χ0n) is 13.9. The van der Waals surface area contributed by atoms with Gasteiger partial charge in [-0.1, -0.05) is 12.1 Å². The van der Waals surface area contributed by atoms with E-state index in [9.17, 15) is 10.1 Å². The summed E-state index contributed by atoms with van der Waals surface area (Å²) in [7, 11) is 0. The van der Waals surface area contributed by atoms with Crippen LogP contribution in [0.5, 0.6) is 11.5 Å². The summed E-state index contributed by atoms with van der Waals surface area (Å²) in [5.74, 6) is 1.30. The molecule has 0 saturated heterocycles. The van der Waals surface area contributed by atoms with Crippen molar-refractivity contribution in [1.29, 1.82) is 5.26 Å². The Balaban J connectivity index is 1.60. The average Bonchev–Trinajstić information content (AvgIpc) is 3.36. The number of nitrogens with one attached hydrogen (secondary N) is 1. The molecule has 3 aromatic rings. The zero-order valence-corrected chi connectivity index (χ0v) is 15.5. The van der Waals surface area contributed by atoms with Gasteiger partial charge in [0.05, 0.1) is 10.4 Å². The van der Waals surface area contributed by atoms with Gasteiger partial charge in [-0.2, -0.15) is 5.26 Å². The van der Waals surface area contributed by atoms with Crippen LogP contribution in [-0.4, -0.2) is 12.7 Å². The van der Waals surface area contributed by atoms with Gasteiger partial charge in [0.2, 0.25) is 6.79 Å². The second-order valence-corrected chi connectivity index (χ2v) is 7.81. The van der Waals surface area contributed by atoms with Crippen molar-refractivity contribution >= 4 is 33.6 Å². The molecule has 0 atom stereocenters. The number of carbonyl (C=O) groups is 1. The lowest BCUT2D eigenvalue weighted by molar-refractivity contribution is 0.103. The second kappa shape index (κ2) is 6.83. The molecular weight excluding hydrogens is 368 g/mol. The Morgan fingerprint density at radius 2 is 2.15 bits per heavy atom. The molecule has 1 aliphatic heterocycles. The van der Waals surface area contributed by atoms with Crippen molar-refractivity contribution in [3.05, 3.63) is 62.2 Å². The highest BCUT2D eigenvalue weighted by atomic mass is 32.1. The Hall–Kier alpha value is -2.82. The normalized spacial score (nSPS) is 12.0. The molecule has 1 aliphatic rings. The first-order valence-electron chi connectivity index (χ1n) is 7.91. The molecule has 0 unspecified atom stereocenters. The largest absolute Gasteiger partial charge is 0.454 e. The van der Waals surface area contributed by atoms with E-state index in [4.69, 9.17) is 9.47 Å². The van der Waals surface area contributed by atoms with Gasteiger partial charge in [-0.3, -0.25) is 4.79 Å². The Morgan fingerprint density at radius 3 is 2.92 bits per heavy atom. The maximum Gasteiger partial charge on any atom is 0.266 e. The lowest BCUT2D eigenvalue weighted by Crippen LogP contribution is -2.09. The molecule has 26 heavy (non-hydrogen) atoms. The maximum atomic E-state index is 12.3. The van der Waals surface area contributed by atoms with Crippen LogP contribution in [0.1, 0.15) is 31.2 Å². The molecule has 0 fully saturated rings. The minimum Gasteiger partial charge on any atom is -0.454 e. The van der Waals surface area contributed by atoms with Crippen LogP contribution >= 0.6 is 22.7 Å². The van der Waals surface area contributed by atoms with Crippen molar-refractivity contribution in [1.82, 2.24) is 0 Å². The van der Waals surface area contributed by atoms with Gasteiger partial charge in [0.25, 0.3) is 5.91 Å². The monoisotopic (exact) mass is 382 g/mol. The first kappa shape index (κ1) is 16.6. The van der Waals surface area contributed by atoms with Crippen LogP contribution < -0.4 is 14.8 Å². The summed E-state index contributed by atoms with van der Waals surface area (Å²) in [5.41, 5.74) is 2.49. The molecule has 0 bridgehead atoms. The third-order valence-corrected chi connectivity index (χ3v) is 6.21. The summed E-state index contributed by atoms with van der Waals surface area (Å²) in [6, 6.07) is 11.6. The Morgan fingerprint density at radius 1 is 1.31 bits per heavy atom. The molecule has 5 nitrogen and oxygen atoms in total. The lowest BCUT2D eigenvalue weighted by Gasteiger charge is -2.02.